The lowest BCUT2D eigenvalue weighted by molar-refractivity contribution is 0.623. The SMILES string of the molecule is CN(Cc1cccc(F)c1)c1c(Cl)ccc2c1CCCNCC2. The normalized spacial score (nSPS) is 14.7. The van der Waals surface area contributed by atoms with E-state index in [9.17, 15) is 4.39 Å². The van der Waals surface area contributed by atoms with Gasteiger partial charge >= 0.3 is 0 Å². The van der Waals surface area contributed by atoms with Gasteiger partial charge < -0.3 is 10.2 Å². The van der Waals surface area contributed by atoms with Crippen LogP contribution in [0, 0.1) is 5.82 Å². The first-order valence-corrected chi connectivity index (χ1v) is 8.49. The molecule has 0 aliphatic carbocycles. The van der Waals surface area contributed by atoms with Crippen molar-refractivity contribution in [2.24, 2.45) is 0 Å². The topological polar surface area (TPSA) is 15.3 Å². The van der Waals surface area contributed by atoms with Crippen molar-refractivity contribution in [2.75, 3.05) is 25.0 Å². The van der Waals surface area contributed by atoms with Crippen molar-refractivity contribution < 1.29 is 4.39 Å². The molecule has 2 aromatic rings. The quantitative estimate of drug-likeness (QED) is 0.906. The van der Waals surface area contributed by atoms with Crippen LogP contribution < -0.4 is 10.2 Å². The highest BCUT2D eigenvalue weighted by Gasteiger charge is 2.17. The maximum absolute atomic E-state index is 13.4. The number of hydrogen-bond acceptors (Lipinski definition) is 2. The Morgan fingerprint density at radius 3 is 2.87 bits per heavy atom. The molecule has 0 aromatic heterocycles. The molecular formula is C19H22ClFN2. The molecule has 3 rings (SSSR count). The van der Waals surface area contributed by atoms with Crippen LogP contribution in [0.15, 0.2) is 36.4 Å². The van der Waals surface area contributed by atoms with Crippen molar-refractivity contribution in [1.29, 1.82) is 0 Å². The van der Waals surface area contributed by atoms with Gasteiger partial charge in [-0.3, -0.25) is 0 Å². The van der Waals surface area contributed by atoms with Crippen molar-refractivity contribution in [3.8, 4) is 0 Å². The van der Waals surface area contributed by atoms with E-state index < -0.39 is 0 Å². The van der Waals surface area contributed by atoms with Crippen molar-refractivity contribution in [2.45, 2.75) is 25.8 Å². The second-order valence-electron chi connectivity index (χ2n) is 6.12. The number of benzene rings is 2. The molecule has 0 unspecified atom stereocenters. The van der Waals surface area contributed by atoms with Gasteiger partial charge in [0.2, 0.25) is 0 Å². The van der Waals surface area contributed by atoms with Crippen LogP contribution in [0.25, 0.3) is 0 Å². The summed E-state index contributed by atoms with van der Waals surface area (Å²) in [6.45, 7) is 2.69. The smallest absolute Gasteiger partial charge is 0.123 e. The fraction of sp³-hybridized carbons (Fsp3) is 0.368. The first-order valence-electron chi connectivity index (χ1n) is 8.11. The molecule has 0 amide bonds. The number of hydrogen-bond donors (Lipinski definition) is 1. The Morgan fingerprint density at radius 1 is 1.17 bits per heavy atom. The highest BCUT2D eigenvalue weighted by molar-refractivity contribution is 6.33. The van der Waals surface area contributed by atoms with Gasteiger partial charge in [-0.1, -0.05) is 29.8 Å². The fourth-order valence-corrected chi connectivity index (χ4v) is 3.62. The van der Waals surface area contributed by atoms with Crippen LogP contribution in [-0.2, 0) is 19.4 Å². The minimum absolute atomic E-state index is 0.198. The van der Waals surface area contributed by atoms with Crippen LogP contribution >= 0.6 is 11.6 Å². The number of nitrogens with zero attached hydrogens (tertiary/aromatic N) is 1. The molecule has 2 aromatic carbocycles. The van der Waals surface area contributed by atoms with Gasteiger partial charge in [0.15, 0.2) is 0 Å². The first-order chi connectivity index (χ1) is 11.1. The third-order valence-electron chi connectivity index (χ3n) is 4.37. The average Bonchev–Trinajstić information content (AvgIpc) is 2.48. The molecule has 1 aliphatic heterocycles. The Hall–Kier alpha value is -1.58. The predicted molar refractivity (Wildman–Crippen MR) is 94.9 cm³/mol. The van der Waals surface area contributed by atoms with Gasteiger partial charge in [-0.25, -0.2) is 4.39 Å². The van der Waals surface area contributed by atoms with Gasteiger partial charge in [-0.2, -0.15) is 0 Å². The fourth-order valence-electron chi connectivity index (χ4n) is 3.30. The highest BCUT2D eigenvalue weighted by Crippen LogP contribution is 2.34. The lowest BCUT2D eigenvalue weighted by Crippen LogP contribution is -2.24. The molecule has 0 spiro atoms. The van der Waals surface area contributed by atoms with Crippen LogP contribution in [0.2, 0.25) is 5.02 Å². The molecule has 0 atom stereocenters. The van der Waals surface area contributed by atoms with Crippen LogP contribution in [0.5, 0.6) is 0 Å². The Labute approximate surface area is 142 Å². The standard InChI is InChI=1S/C19H22ClFN2/c1-23(13-14-4-2-5-16(21)12-14)19-17-6-3-10-22-11-9-15(17)7-8-18(19)20/h2,4-5,7-8,12,22H,3,6,9-11,13H2,1H3. The van der Waals surface area contributed by atoms with Gasteiger partial charge in [-0.15, -0.1) is 0 Å². The minimum atomic E-state index is -0.198. The summed E-state index contributed by atoms with van der Waals surface area (Å²) in [7, 11) is 2.03. The summed E-state index contributed by atoms with van der Waals surface area (Å²) in [6, 6.07) is 10.9. The van der Waals surface area contributed by atoms with Crippen LogP contribution in [0.4, 0.5) is 10.1 Å². The summed E-state index contributed by atoms with van der Waals surface area (Å²) in [5, 5.41) is 4.22. The third kappa shape index (κ3) is 3.85. The molecule has 4 heteroatoms. The number of halogens is 2. The summed E-state index contributed by atoms with van der Waals surface area (Å²) < 4.78 is 13.4. The zero-order valence-corrected chi connectivity index (χ0v) is 14.2. The summed E-state index contributed by atoms with van der Waals surface area (Å²) in [4.78, 5) is 2.14. The van der Waals surface area contributed by atoms with Crippen molar-refractivity contribution >= 4 is 17.3 Å². The molecule has 0 fully saturated rings. The van der Waals surface area contributed by atoms with E-state index in [4.69, 9.17) is 11.6 Å². The van der Waals surface area contributed by atoms with Crippen LogP contribution in [0.1, 0.15) is 23.1 Å². The Bertz CT molecular complexity index is 687. The van der Waals surface area contributed by atoms with Crippen LogP contribution in [0.3, 0.4) is 0 Å². The van der Waals surface area contributed by atoms with Gasteiger partial charge in [0.25, 0.3) is 0 Å². The summed E-state index contributed by atoms with van der Waals surface area (Å²) in [6.07, 6.45) is 3.15. The molecule has 1 aliphatic rings. The molecule has 1 heterocycles. The molecule has 0 bridgehead atoms. The maximum Gasteiger partial charge on any atom is 0.123 e. The summed E-state index contributed by atoms with van der Waals surface area (Å²) in [5.41, 5.74) is 4.75. The molecule has 0 radical (unpaired) electrons. The Morgan fingerprint density at radius 2 is 2.04 bits per heavy atom. The lowest BCUT2D eigenvalue weighted by Gasteiger charge is -2.27. The van der Waals surface area contributed by atoms with Gasteiger partial charge in [-0.05, 0) is 67.2 Å². The van der Waals surface area contributed by atoms with E-state index in [1.807, 2.05) is 19.2 Å². The second-order valence-corrected chi connectivity index (χ2v) is 6.53. The largest absolute Gasteiger partial charge is 0.369 e. The summed E-state index contributed by atoms with van der Waals surface area (Å²) in [5.74, 6) is -0.198. The maximum atomic E-state index is 13.4. The highest BCUT2D eigenvalue weighted by atomic mass is 35.5. The van der Waals surface area contributed by atoms with Crippen LogP contribution in [-0.4, -0.2) is 20.1 Å². The van der Waals surface area contributed by atoms with Crippen molar-refractivity contribution in [3.63, 3.8) is 0 Å². The van der Waals surface area contributed by atoms with E-state index in [0.717, 1.165) is 48.6 Å². The monoisotopic (exact) mass is 332 g/mol. The van der Waals surface area contributed by atoms with E-state index in [1.165, 1.54) is 17.2 Å². The number of nitrogens with one attached hydrogen (secondary N) is 1. The molecule has 1 N–H and O–H groups in total. The van der Waals surface area contributed by atoms with E-state index in [0.29, 0.717) is 6.54 Å². The predicted octanol–water partition coefficient (Wildman–Crippen LogP) is 4.19. The van der Waals surface area contributed by atoms with E-state index in [1.54, 1.807) is 12.1 Å². The van der Waals surface area contributed by atoms with Crippen molar-refractivity contribution in [3.05, 3.63) is 63.9 Å². The molecule has 122 valence electrons. The van der Waals surface area contributed by atoms with Crippen molar-refractivity contribution in [1.82, 2.24) is 5.32 Å². The first kappa shape index (κ1) is 16.3. The van der Waals surface area contributed by atoms with E-state index in [-0.39, 0.29) is 5.82 Å². The lowest BCUT2D eigenvalue weighted by atomic mass is 9.96. The number of anilines is 1. The van der Waals surface area contributed by atoms with E-state index in [2.05, 4.69) is 16.3 Å². The Kier molecular flexibility index (Phi) is 5.19. The van der Waals surface area contributed by atoms with Gasteiger partial charge in [0.05, 0.1) is 10.7 Å². The third-order valence-corrected chi connectivity index (χ3v) is 4.68. The van der Waals surface area contributed by atoms with Gasteiger partial charge in [0.1, 0.15) is 5.82 Å². The zero-order chi connectivity index (χ0) is 16.2. The molecule has 0 saturated carbocycles. The van der Waals surface area contributed by atoms with E-state index >= 15 is 0 Å². The Balaban J connectivity index is 1.92. The molecule has 0 saturated heterocycles. The average molecular weight is 333 g/mol. The number of fused-ring (bicyclic) bond motifs is 1. The minimum Gasteiger partial charge on any atom is -0.369 e. The molecule has 23 heavy (non-hydrogen) atoms. The zero-order valence-electron chi connectivity index (χ0n) is 13.4. The summed E-state index contributed by atoms with van der Waals surface area (Å²) >= 11 is 6.52. The molecule has 2 nitrogen and oxygen atoms in total. The van der Waals surface area contributed by atoms with Gasteiger partial charge in [0, 0.05) is 13.6 Å². The number of rotatable bonds is 3. The molecular weight excluding hydrogens is 311 g/mol. The second kappa shape index (κ2) is 7.33.